The summed E-state index contributed by atoms with van der Waals surface area (Å²) in [5.41, 5.74) is -2.29. The standard InChI is InChI=1S/3C11H20O2.Cr/c3*1-10(2,3)8(12)7-9(13)11(4,5)6;/h3*7,12H,1-6H3;/b3*8-7+;. The van der Waals surface area contributed by atoms with Crippen molar-refractivity contribution < 1.29 is 47.1 Å². The van der Waals surface area contributed by atoms with E-state index in [1.165, 1.54) is 18.2 Å². The topological polar surface area (TPSA) is 112 Å². The molecule has 0 aliphatic rings. The largest absolute Gasteiger partial charge is 0.512 e. The minimum absolute atomic E-state index is 0. The summed E-state index contributed by atoms with van der Waals surface area (Å²) in [6.45, 7) is 33.3. The van der Waals surface area contributed by atoms with E-state index in [0.29, 0.717) is 0 Å². The smallest absolute Gasteiger partial charge is 0.164 e. The maximum Gasteiger partial charge on any atom is 0.164 e. The van der Waals surface area contributed by atoms with Gasteiger partial charge in [0.15, 0.2) is 17.3 Å². The van der Waals surface area contributed by atoms with Gasteiger partial charge in [0.2, 0.25) is 0 Å². The van der Waals surface area contributed by atoms with Gasteiger partial charge >= 0.3 is 0 Å². The number of rotatable bonds is 3. The summed E-state index contributed by atoms with van der Waals surface area (Å²) < 4.78 is 0. The third-order valence-corrected chi connectivity index (χ3v) is 5.33. The molecule has 0 saturated heterocycles. The Labute approximate surface area is 256 Å². The van der Waals surface area contributed by atoms with Crippen molar-refractivity contribution in [2.75, 3.05) is 0 Å². The zero-order chi connectivity index (χ0) is 32.6. The molecule has 3 N–H and O–H groups in total. The van der Waals surface area contributed by atoms with Crippen molar-refractivity contribution >= 4 is 17.3 Å². The van der Waals surface area contributed by atoms with Crippen LogP contribution in [0.2, 0.25) is 0 Å². The van der Waals surface area contributed by atoms with E-state index in [2.05, 4.69) is 0 Å². The Kier molecular flexibility index (Phi) is 18.0. The second kappa shape index (κ2) is 16.0. The summed E-state index contributed by atoms with van der Waals surface area (Å²) in [7, 11) is 0. The van der Waals surface area contributed by atoms with Gasteiger partial charge in [-0.05, 0) is 0 Å². The fraction of sp³-hybridized carbons (Fsp3) is 0.727. The molecule has 0 aliphatic heterocycles. The molecule has 0 atom stereocenters. The molecule has 6 nitrogen and oxygen atoms in total. The van der Waals surface area contributed by atoms with Crippen molar-refractivity contribution in [1.82, 2.24) is 0 Å². The first kappa shape index (κ1) is 45.2. The van der Waals surface area contributed by atoms with Crippen LogP contribution in [0, 0.1) is 32.5 Å². The molecule has 0 spiro atoms. The molecule has 0 rings (SSSR count). The van der Waals surface area contributed by atoms with Crippen molar-refractivity contribution in [3.8, 4) is 0 Å². The maximum absolute atomic E-state index is 11.5. The molecule has 7 heteroatoms. The van der Waals surface area contributed by atoms with Gasteiger partial charge in [0.05, 0.1) is 0 Å². The number of hydrogen-bond donors (Lipinski definition) is 3. The van der Waals surface area contributed by atoms with E-state index >= 15 is 0 Å². The summed E-state index contributed by atoms with van der Waals surface area (Å²) in [6, 6.07) is 0. The van der Waals surface area contributed by atoms with Gasteiger partial charge in [-0.1, -0.05) is 125 Å². The quantitative estimate of drug-likeness (QED) is 0.219. The van der Waals surface area contributed by atoms with E-state index in [0.717, 1.165) is 0 Å². The maximum atomic E-state index is 11.5. The van der Waals surface area contributed by atoms with E-state index in [-0.39, 0.29) is 68.2 Å². The second-order valence-corrected chi connectivity index (χ2v) is 16.2. The van der Waals surface area contributed by atoms with Crippen LogP contribution >= 0.6 is 0 Å². The van der Waals surface area contributed by atoms with Crippen molar-refractivity contribution in [3.05, 3.63) is 35.5 Å². The summed E-state index contributed by atoms with van der Waals surface area (Å²) in [6.07, 6.45) is 4.00. The van der Waals surface area contributed by atoms with Crippen LogP contribution < -0.4 is 0 Å². The van der Waals surface area contributed by atoms with Crippen LogP contribution in [0.5, 0.6) is 0 Å². The molecule has 0 fully saturated rings. The number of aliphatic hydroxyl groups is 3. The number of allylic oxidation sites excluding steroid dienone is 6. The first-order valence-corrected chi connectivity index (χ1v) is 13.5. The molecule has 40 heavy (non-hydrogen) atoms. The molecule has 234 valence electrons. The molecule has 0 heterocycles. The predicted molar refractivity (Wildman–Crippen MR) is 164 cm³/mol. The Morgan fingerprint density at radius 3 is 0.550 bits per heavy atom. The zero-order valence-corrected chi connectivity index (χ0v) is 30.0. The molecule has 0 aromatic rings. The fourth-order valence-electron chi connectivity index (χ4n) is 1.67. The number of hydrogen-bond acceptors (Lipinski definition) is 6. The van der Waals surface area contributed by atoms with E-state index < -0.39 is 16.2 Å². The van der Waals surface area contributed by atoms with Crippen molar-refractivity contribution in [2.24, 2.45) is 32.5 Å². The van der Waals surface area contributed by atoms with Gasteiger partial charge < -0.3 is 15.3 Å². The van der Waals surface area contributed by atoms with Crippen LogP contribution in [-0.2, 0) is 31.7 Å². The molecule has 0 bridgehead atoms. The van der Waals surface area contributed by atoms with Gasteiger partial charge in [0.25, 0.3) is 0 Å². The van der Waals surface area contributed by atoms with Crippen LogP contribution in [0.15, 0.2) is 35.5 Å². The molecule has 0 radical (unpaired) electrons. The minimum atomic E-state index is -0.417. The van der Waals surface area contributed by atoms with E-state index in [9.17, 15) is 29.7 Å². The van der Waals surface area contributed by atoms with E-state index in [1.807, 2.05) is 125 Å². The number of carbonyl (C=O) groups excluding carboxylic acids is 3. The molecular formula is C33H60CrO6. The number of carbonyl (C=O) groups is 3. The Balaban J connectivity index is -0.000000240. The normalized spacial score (nSPS) is 14.1. The number of ketones is 3. The summed E-state index contributed by atoms with van der Waals surface area (Å²) in [5, 5.41) is 28.7. The fourth-order valence-corrected chi connectivity index (χ4v) is 1.67. The Bertz CT molecular complexity index is 801. The molecular weight excluding hydrogens is 544 g/mol. The minimum Gasteiger partial charge on any atom is -0.512 e. The van der Waals surface area contributed by atoms with Crippen LogP contribution in [0.25, 0.3) is 0 Å². The van der Waals surface area contributed by atoms with Crippen molar-refractivity contribution in [3.63, 3.8) is 0 Å². The molecule has 0 unspecified atom stereocenters. The second-order valence-electron chi connectivity index (χ2n) is 16.2. The SMILES string of the molecule is CC(C)(C)C(=O)/C=C(/O)C(C)(C)C.CC(C)(C)C(=O)/C=C(/O)C(C)(C)C.CC(C)(C)C(=O)/C=C(/O)C(C)(C)C.[Cr]. The third-order valence-electron chi connectivity index (χ3n) is 5.33. The van der Waals surface area contributed by atoms with Crippen LogP contribution in [0.4, 0.5) is 0 Å². The third kappa shape index (κ3) is 21.0. The first-order valence-electron chi connectivity index (χ1n) is 13.5. The van der Waals surface area contributed by atoms with Gasteiger partial charge in [-0.25, -0.2) is 0 Å². The van der Waals surface area contributed by atoms with Gasteiger partial charge in [-0.3, -0.25) is 14.4 Å². The van der Waals surface area contributed by atoms with Crippen LogP contribution in [0.3, 0.4) is 0 Å². The number of aliphatic hydroxyl groups excluding tert-OH is 3. The van der Waals surface area contributed by atoms with Gasteiger partial charge in [0, 0.05) is 68.1 Å². The molecule has 0 aromatic carbocycles. The van der Waals surface area contributed by atoms with Gasteiger partial charge in [-0.2, -0.15) is 0 Å². The first-order chi connectivity index (χ1) is 16.6. The zero-order valence-electron chi connectivity index (χ0n) is 28.7. The average molecular weight is 605 g/mol. The summed E-state index contributed by atoms with van der Waals surface area (Å²) >= 11 is 0. The van der Waals surface area contributed by atoms with Gasteiger partial charge in [0.1, 0.15) is 17.3 Å². The molecule has 0 amide bonds. The predicted octanol–water partition coefficient (Wildman–Crippen LogP) is 9.27. The average Bonchev–Trinajstić information content (AvgIpc) is 2.64. The van der Waals surface area contributed by atoms with E-state index in [4.69, 9.17) is 0 Å². The van der Waals surface area contributed by atoms with Crippen LogP contribution in [0.1, 0.15) is 125 Å². The molecule has 0 aromatic heterocycles. The Hall–Kier alpha value is -1.84. The van der Waals surface area contributed by atoms with Crippen molar-refractivity contribution in [2.45, 2.75) is 125 Å². The van der Waals surface area contributed by atoms with Gasteiger partial charge in [-0.15, -0.1) is 0 Å². The van der Waals surface area contributed by atoms with Crippen molar-refractivity contribution in [1.29, 1.82) is 0 Å². The Morgan fingerprint density at radius 1 is 0.350 bits per heavy atom. The summed E-state index contributed by atoms with van der Waals surface area (Å²) in [5.74, 6) is 0.312. The molecule has 0 saturated carbocycles. The summed E-state index contributed by atoms with van der Waals surface area (Å²) in [4.78, 5) is 34.5. The monoisotopic (exact) mass is 604 g/mol. The molecule has 0 aliphatic carbocycles. The van der Waals surface area contributed by atoms with Crippen LogP contribution in [-0.4, -0.2) is 32.7 Å². The van der Waals surface area contributed by atoms with E-state index in [1.54, 1.807) is 0 Å². The Morgan fingerprint density at radius 2 is 0.475 bits per heavy atom.